The first-order valence-corrected chi connectivity index (χ1v) is 8.64. The van der Waals surface area contributed by atoms with Gasteiger partial charge in [-0.1, -0.05) is 48.5 Å². The maximum atomic E-state index is 6.22. The van der Waals surface area contributed by atoms with Crippen LogP contribution in [0.4, 0.5) is 0 Å². The fourth-order valence-electron chi connectivity index (χ4n) is 4.01. The number of aryl methyl sites for hydroxylation is 1. The topological polar surface area (TPSA) is 28.9 Å². The number of benzene rings is 2. The average molecular weight is 313 g/mol. The Hall–Kier alpha value is -2.74. The molecule has 24 heavy (non-hydrogen) atoms. The van der Waals surface area contributed by atoms with Gasteiger partial charge < -0.3 is 9.40 Å². The van der Waals surface area contributed by atoms with Gasteiger partial charge in [0.05, 0.1) is 0 Å². The highest BCUT2D eigenvalue weighted by molar-refractivity contribution is 5.84. The second-order valence-electron chi connectivity index (χ2n) is 6.59. The standard InChI is InChI=1S/C22H19NO/c1-2-7-15(8-3-1)22-13-18-16(10-6-12-21(18)24-22)19-14-23-20-11-5-4-9-17(19)20/h1-5,7-9,11,13-14,16,23H,6,10,12H2/t16-/m1/s1. The van der Waals surface area contributed by atoms with Crippen LogP contribution in [0.15, 0.2) is 71.3 Å². The van der Waals surface area contributed by atoms with Crippen molar-refractivity contribution in [2.24, 2.45) is 0 Å². The van der Waals surface area contributed by atoms with Crippen LogP contribution in [-0.2, 0) is 6.42 Å². The normalized spacial score (nSPS) is 17.1. The molecule has 0 aliphatic heterocycles. The molecule has 0 bridgehead atoms. The van der Waals surface area contributed by atoms with Gasteiger partial charge in [0, 0.05) is 40.6 Å². The fourth-order valence-corrected chi connectivity index (χ4v) is 4.01. The molecule has 0 unspecified atom stereocenters. The Morgan fingerprint density at radius 3 is 2.67 bits per heavy atom. The van der Waals surface area contributed by atoms with Crippen LogP contribution in [0.25, 0.3) is 22.2 Å². The molecule has 5 rings (SSSR count). The number of hydrogen-bond acceptors (Lipinski definition) is 1. The number of nitrogens with one attached hydrogen (secondary N) is 1. The second kappa shape index (κ2) is 5.41. The van der Waals surface area contributed by atoms with Gasteiger partial charge >= 0.3 is 0 Å². The molecular weight excluding hydrogens is 294 g/mol. The van der Waals surface area contributed by atoms with Crippen LogP contribution in [0.3, 0.4) is 0 Å². The van der Waals surface area contributed by atoms with Gasteiger partial charge in [0.15, 0.2) is 0 Å². The Bertz CT molecular complexity index is 993. The molecule has 0 amide bonds. The molecule has 118 valence electrons. The van der Waals surface area contributed by atoms with Crippen molar-refractivity contribution in [3.8, 4) is 11.3 Å². The molecule has 1 aliphatic carbocycles. The van der Waals surface area contributed by atoms with Crippen molar-refractivity contribution in [2.45, 2.75) is 25.2 Å². The average Bonchev–Trinajstić information content (AvgIpc) is 3.26. The Kier molecular flexibility index (Phi) is 3.08. The van der Waals surface area contributed by atoms with Crippen molar-refractivity contribution >= 4 is 10.9 Å². The Labute approximate surface area is 141 Å². The molecule has 1 atom stereocenters. The van der Waals surface area contributed by atoms with Crippen molar-refractivity contribution < 1.29 is 4.42 Å². The molecule has 2 aromatic heterocycles. The number of para-hydroxylation sites is 1. The molecule has 2 aromatic carbocycles. The van der Waals surface area contributed by atoms with Crippen molar-refractivity contribution in [2.75, 3.05) is 0 Å². The van der Waals surface area contributed by atoms with Crippen LogP contribution in [0.5, 0.6) is 0 Å². The number of hydrogen-bond donors (Lipinski definition) is 1. The Balaban J connectivity index is 1.63. The van der Waals surface area contributed by atoms with Gasteiger partial charge in [0.2, 0.25) is 0 Å². The summed E-state index contributed by atoms with van der Waals surface area (Å²) in [6.07, 6.45) is 5.59. The van der Waals surface area contributed by atoms with E-state index in [-0.39, 0.29) is 0 Å². The zero-order valence-electron chi connectivity index (χ0n) is 13.5. The van der Waals surface area contributed by atoms with Gasteiger partial charge in [-0.2, -0.15) is 0 Å². The highest BCUT2D eigenvalue weighted by Crippen LogP contribution is 2.42. The highest BCUT2D eigenvalue weighted by Gasteiger charge is 2.27. The summed E-state index contributed by atoms with van der Waals surface area (Å²) < 4.78 is 6.22. The van der Waals surface area contributed by atoms with E-state index in [9.17, 15) is 0 Å². The number of rotatable bonds is 2. The maximum Gasteiger partial charge on any atom is 0.134 e. The van der Waals surface area contributed by atoms with Gasteiger partial charge in [-0.05, 0) is 30.5 Å². The van der Waals surface area contributed by atoms with Crippen molar-refractivity contribution in [3.05, 3.63) is 83.7 Å². The third-order valence-corrected chi connectivity index (χ3v) is 5.17. The number of H-pyrrole nitrogens is 1. The minimum absolute atomic E-state index is 0.422. The van der Waals surface area contributed by atoms with E-state index in [2.05, 4.69) is 65.8 Å². The number of aromatic nitrogens is 1. The Morgan fingerprint density at radius 2 is 1.75 bits per heavy atom. The largest absolute Gasteiger partial charge is 0.461 e. The van der Waals surface area contributed by atoms with E-state index >= 15 is 0 Å². The zero-order valence-corrected chi connectivity index (χ0v) is 13.5. The van der Waals surface area contributed by atoms with Crippen LogP contribution in [0.1, 0.15) is 35.6 Å². The number of fused-ring (bicyclic) bond motifs is 2. The number of furan rings is 1. The summed E-state index contributed by atoms with van der Waals surface area (Å²) in [4.78, 5) is 3.42. The van der Waals surface area contributed by atoms with E-state index < -0.39 is 0 Å². The monoisotopic (exact) mass is 313 g/mol. The maximum absolute atomic E-state index is 6.22. The van der Waals surface area contributed by atoms with Crippen LogP contribution < -0.4 is 0 Å². The third kappa shape index (κ3) is 2.10. The van der Waals surface area contributed by atoms with Crippen LogP contribution in [0, 0.1) is 0 Å². The molecule has 0 spiro atoms. The lowest BCUT2D eigenvalue weighted by molar-refractivity contribution is 0.474. The lowest BCUT2D eigenvalue weighted by Crippen LogP contribution is -2.08. The third-order valence-electron chi connectivity index (χ3n) is 5.17. The first kappa shape index (κ1) is 13.7. The van der Waals surface area contributed by atoms with E-state index in [0.29, 0.717) is 5.92 Å². The SMILES string of the molecule is c1ccc(-c2cc3c(o2)CCC[C@H]3c2c[nH]c3ccccc23)cc1. The molecule has 4 aromatic rings. The van der Waals surface area contributed by atoms with Crippen molar-refractivity contribution in [3.63, 3.8) is 0 Å². The van der Waals surface area contributed by atoms with Crippen molar-refractivity contribution in [1.82, 2.24) is 4.98 Å². The van der Waals surface area contributed by atoms with E-state index in [4.69, 9.17) is 4.42 Å². The summed E-state index contributed by atoms with van der Waals surface area (Å²) in [6, 6.07) is 21.2. The van der Waals surface area contributed by atoms with Crippen LogP contribution >= 0.6 is 0 Å². The summed E-state index contributed by atoms with van der Waals surface area (Å²) in [5.41, 5.74) is 5.13. The van der Waals surface area contributed by atoms with Crippen molar-refractivity contribution in [1.29, 1.82) is 0 Å². The Morgan fingerprint density at radius 1 is 0.917 bits per heavy atom. The van der Waals surface area contributed by atoms with Crippen LogP contribution in [0.2, 0.25) is 0 Å². The summed E-state index contributed by atoms with van der Waals surface area (Å²) in [6.45, 7) is 0. The zero-order chi connectivity index (χ0) is 15.9. The molecule has 0 saturated carbocycles. The van der Waals surface area contributed by atoms with E-state index in [1.807, 2.05) is 6.07 Å². The molecule has 1 aliphatic rings. The predicted molar refractivity (Wildman–Crippen MR) is 97.2 cm³/mol. The molecule has 0 saturated heterocycles. The van der Waals surface area contributed by atoms with Gasteiger partial charge in [-0.3, -0.25) is 0 Å². The molecule has 0 radical (unpaired) electrons. The predicted octanol–water partition coefficient (Wildman–Crippen LogP) is 5.90. The highest BCUT2D eigenvalue weighted by atomic mass is 16.3. The van der Waals surface area contributed by atoms with Crippen LogP contribution in [-0.4, -0.2) is 4.98 Å². The van der Waals surface area contributed by atoms with E-state index in [0.717, 1.165) is 23.5 Å². The molecule has 1 N–H and O–H groups in total. The second-order valence-corrected chi connectivity index (χ2v) is 6.59. The van der Waals surface area contributed by atoms with Gasteiger partial charge in [-0.15, -0.1) is 0 Å². The summed E-state index contributed by atoms with van der Waals surface area (Å²) in [7, 11) is 0. The molecule has 2 heteroatoms. The quantitative estimate of drug-likeness (QED) is 0.490. The summed E-state index contributed by atoms with van der Waals surface area (Å²) in [5, 5.41) is 1.33. The van der Waals surface area contributed by atoms with Gasteiger partial charge in [-0.25, -0.2) is 0 Å². The number of aromatic amines is 1. The molecule has 0 fully saturated rings. The summed E-state index contributed by atoms with van der Waals surface area (Å²) >= 11 is 0. The molecule has 2 heterocycles. The smallest absolute Gasteiger partial charge is 0.134 e. The van der Waals surface area contributed by atoms with Gasteiger partial charge in [0.25, 0.3) is 0 Å². The first-order valence-electron chi connectivity index (χ1n) is 8.64. The molecular formula is C22H19NO. The van der Waals surface area contributed by atoms with E-state index in [1.165, 1.54) is 34.9 Å². The summed E-state index contributed by atoms with van der Waals surface area (Å²) in [5.74, 6) is 2.58. The molecule has 2 nitrogen and oxygen atoms in total. The lowest BCUT2D eigenvalue weighted by atomic mass is 9.82. The fraction of sp³-hybridized carbons (Fsp3) is 0.182. The van der Waals surface area contributed by atoms with Gasteiger partial charge in [0.1, 0.15) is 11.5 Å². The van der Waals surface area contributed by atoms with E-state index in [1.54, 1.807) is 0 Å². The lowest BCUT2D eigenvalue weighted by Gasteiger charge is -2.21. The minimum atomic E-state index is 0.422. The minimum Gasteiger partial charge on any atom is -0.461 e. The first-order chi connectivity index (χ1) is 11.9.